The quantitative estimate of drug-likeness (QED) is 0.905. The van der Waals surface area contributed by atoms with Crippen molar-refractivity contribution in [2.45, 2.75) is 50.9 Å². The summed E-state index contributed by atoms with van der Waals surface area (Å²) < 4.78 is 0. The molecule has 0 bridgehead atoms. The number of aromatic nitrogens is 2. The average Bonchev–Trinajstić information content (AvgIpc) is 2.92. The number of H-pyrrole nitrogens is 1. The van der Waals surface area contributed by atoms with Crippen LogP contribution in [-0.2, 0) is 10.2 Å². The maximum Gasteiger partial charge on any atom is 0.218 e. The summed E-state index contributed by atoms with van der Waals surface area (Å²) in [6, 6.07) is 4.03. The Hall–Kier alpha value is -1.84. The van der Waals surface area contributed by atoms with Crippen LogP contribution in [0.2, 0.25) is 0 Å². The highest BCUT2D eigenvalue weighted by Crippen LogP contribution is 2.45. The van der Waals surface area contributed by atoms with Gasteiger partial charge in [-0.25, -0.2) is 4.98 Å². The van der Waals surface area contributed by atoms with Crippen molar-refractivity contribution >= 4 is 16.9 Å². The second kappa shape index (κ2) is 5.51. The molecular weight excluding hydrogens is 262 g/mol. The van der Waals surface area contributed by atoms with Gasteiger partial charge in [0, 0.05) is 29.6 Å². The maximum absolute atomic E-state index is 11.7. The van der Waals surface area contributed by atoms with Crippen LogP contribution in [0.1, 0.15) is 51.0 Å². The number of hydrogen-bond acceptors (Lipinski definition) is 2. The molecular formula is C17H23N3O. The minimum atomic E-state index is -0.221. The van der Waals surface area contributed by atoms with E-state index in [1.54, 1.807) is 6.20 Å². The van der Waals surface area contributed by atoms with Gasteiger partial charge in [0.1, 0.15) is 5.65 Å². The lowest BCUT2D eigenvalue weighted by molar-refractivity contribution is -0.119. The molecule has 2 heterocycles. The van der Waals surface area contributed by atoms with Gasteiger partial charge in [0.15, 0.2) is 0 Å². The summed E-state index contributed by atoms with van der Waals surface area (Å²) in [7, 11) is 0. The van der Waals surface area contributed by atoms with Crippen LogP contribution in [0, 0.1) is 5.92 Å². The van der Waals surface area contributed by atoms with Gasteiger partial charge in [-0.05, 0) is 36.5 Å². The van der Waals surface area contributed by atoms with Gasteiger partial charge in [0.2, 0.25) is 5.91 Å². The lowest BCUT2D eigenvalue weighted by Gasteiger charge is -2.39. The van der Waals surface area contributed by atoms with Crippen molar-refractivity contribution in [2.75, 3.05) is 0 Å². The maximum atomic E-state index is 11.7. The number of nitrogens with two attached hydrogens (primary N) is 1. The van der Waals surface area contributed by atoms with Gasteiger partial charge in [0.05, 0.1) is 0 Å². The van der Waals surface area contributed by atoms with Gasteiger partial charge in [-0.15, -0.1) is 0 Å². The standard InChI is InChI=1S/C17H23N3O/c1-17(10-15(18)21,12-6-3-2-4-7-12)14-11-20-16-13(14)8-5-9-19-16/h5,8-9,11-12H,2-4,6-7,10H2,1H3,(H2,18,21)(H,19,20). The monoisotopic (exact) mass is 285 g/mol. The number of amides is 1. The van der Waals surface area contributed by atoms with E-state index in [9.17, 15) is 4.79 Å². The predicted octanol–water partition coefficient (Wildman–Crippen LogP) is 3.28. The first-order valence-corrected chi connectivity index (χ1v) is 7.82. The molecule has 21 heavy (non-hydrogen) atoms. The molecule has 2 aromatic heterocycles. The summed E-state index contributed by atoms with van der Waals surface area (Å²) in [6.45, 7) is 2.20. The van der Waals surface area contributed by atoms with Gasteiger partial charge in [-0.3, -0.25) is 4.79 Å². The molecule has 2 aromatic rings. The summed E-state index contributed by atoms with van der Waals surface area (Å²) >= 11 is 0. The Kier molecular flexibility index (Phi) is 3.70. The van der Waals surface area contributed by atoms with Crippen LogP contribution in [0.15, 0.2) is 24.5 Å². The van der Waals surface area contributed by atoms with Crippen molar-refractivity contribution in [3.05, 3.63) is 30.1 Å². The summed E-state index contributed by atoms with van der Waals surface area (Å²) in [4.78, 5) is 19.3. The summed E-state index contributed by atoms with van der Waals surface area (Å²) in [5, 5.41) is 1.12. The zero-order chi connectivity index (χ0) is 14.9. The molecule has 3 N–H and O–H groups in total. The molecule has 3 rings (SSSR count). The predicted molar refractivity (Wildman–Crippen MR) is 83.8 cm³/mol. The van der Waals surface area contributed by atoms with E-state index in [0.29, 0.717) is 12.3 Å². The Bertz CT molecular complexity index is 642. The fraction of sp³-hybridized carbons (Fsp3) is 0.529. The van der Waals surface area contributed by atoms with E-state index in [4.69, 9.17) is 5.73 Å². The van der Waals surface area contributed by atoms with Crippen LogP contribution in [0.25, 0.3) is 11.0 Å². The highest BCUT2D eigenvalue weighted by Gasteiger charge is 2.39. The van der Waals surface area contributed by atoms with Crippen LogP contribution in [0.3, 0.4) is 0 Å². The van der Waals surface area contributed by atoms with Crippen molar-refractivity contribution in [3.63, 3.8) is 0 Å². The van der Waals surface area contributed by atoms with Crippen LogP contribution >= 0.6 is 0 Å². The number of fused-ring (bicyclic) bond motifs is 1. The number of nitrogens with one attached hydrogen (secondary N) is 1. The zero-order valence-electron chi connectivity index (χ0n) is 12.6. The van der Waals surface area contributed by atoms with Crippen molar-refractivity contribution < 1.29 is 4.79 Å². The molecule has 1 aliphatic carbocycles. The largest absolute Gasteiger partial charge is 0.370 e. The molecule has 1 amide bonds. The Balaban J connectivity index is 2.07. The third-order valence-corrected chi connectivity index (χ3v) is 5.11. The number of primary amides is 1. The number of pyridine rings is 1. The molecule has 4 nitrogen and oxygen atoms in total. The molecule has 1 atom stereocenters. The number of carbonyl (C=O) groups is 1. The normalized spacial score (nSPS) is 19.5. The molecule has 1 unspecified atom stereocenters. The van der Waals surface area contributed by atoms with E-state index in [-0.39, 0.29) is 11.3 Å². The Morgan fingerprint density at radius 1 is 1.43 bits per heavy atom. The van der Waals surface area contributed by atoms with E-state index < -0.39 is 0 Å². The van der Waals surface area contributed by atoms with Crippen molar-refractivity contribution in [1.29, 1.82) is 0 Å². The number of aromatic amines is 1. The fourth-order valence-electron chi connectivity index (χ4n) is 3.99. The van der Waals surface area contributed by atoms with E-state index in [1.165, 1.54) is 37.7 Å². The third-order valence-electron chi connectivity index (χ3n) is 5.11. The first-order valence-electron chi connectivity index (χ1n) is 7.82. The van der Waals surface area contributed by atoms with Gasteiger partial charge < -0.3 is 10.7 Å². The molecule has 112 valence electrons. The van der Waals surface area contributed by atoms with Crippen molar-refractivity contribution in [2.24, 2.45) is 11.7 Å². The first kappa shape index (κ1) is 14.1. The van der Waals surface area contributed by atoms with Crippen LogP contribution in [0.5, 0.6) is 0 Å². The zero-order valence-corrected chi connectivity index (χ0v) is 12.6. The van der Waals surface area contributed by atoms with E-state index >= 15 is 0 Å². The Morgan fingerprint density at radius 2 is 2.19 bits per heavy atom. The number of nitrogens with zero attached hydrogens (tertiary/aromatic N) is 1. The molecule has 0 aliphatic heterocycles. The average molecular weight is 285 g/mol. The highest BCUT2D eigenvalue weighted by molar-refractivity contribution is 5.83. The smallest absolute Gasteiger partial charge is 0.218 e. The van der Waals surface area contributed by atoms with Gasteiger partial charge >= 0.3 is 0 Å². The molecule has 0 radical (unpaired) electrons. The van der Waals surface area contributed by atoms with Crippen LogP contribution in [0.4, 0.5) is 0 Å². The van der Waals surface area contributed by atoms with E-state index in [2.05, 4.69) is 23.0 Å². The first-order chi connectivity index (χ1) is 10.1. The topological polar surface area (TPSA) is 71.8 Å². The van der Waals surface area contributed by atoms with Crippen molar-refractivity contribution in [3.8, 4) is 0 Å². The lowest BCUT2D eigenvalue weighted by Crippen LogP contribution is -2.37. The second-order valence-corrected chi connectivity index (χ2v) is 6.50. The molecule has 1 aliphatic rings. The summed E-state index contributed by atoms with van der Waals surface area (Å²) in [6.07, 6.45) is 10.4. The second-order valence-electron chi connectivity index (χ2n) is 6.50. The fourth-order valence-corrected chi connectivity index (χ4v) is 3.99. The minimum Gasteiger partial charge on any atom is -0.370 e. The lowest BCUT2D eigenvalue weighted by atomic mass is 9.64. The number of carbonyl (C=O) groups excluding carboxylic acids is 1. The Morgan fingerprint density at radius 3 is 2.90 bits per heavy atom. The SMILES string of the molecule is CC(CC(N)=O)(c1c[nH]c2ncccc12)C1CCCCC1. The Labute approximate surface area is 125 Å². The van der Waals surface area contributed by atoms with E-state index in [1.807, 2.05) is 12.3 Å². The molecule has 4 heteroatoms. The molecule has 0 saturated heterocycles. The molecule has 1 fully saturated rings. The summed E-state index contributed by atoms with van der Waals surface area (Å²) in [5.41, 5.74) is 7.45. The van der Waals surface area contributed by atoms with Gasteiger partial charge in [-0.2, -0.15) is 0 Å². The number of hydrogen-bond donors (Lipinski definition) is 2. The van der Waals surface area contributed by atoms with Gasteiger partial charge in [-0.1, -0.05) is 26.2 Å². The number of rotatable bonds is 4. The van der Waals surface area contributed by atoms with Gasteiger partial charge in [0.25, 0.3) is 0 Å². The molecule has 0 aromatic carbocycles. The minimum absolute atomic E-state index is 0.201. The molecule has 1 saturated carbocycles. The highest BCUT2D eigenvalue weighted by atomic mass is 16.1. The molecule has 0 spiro atoms. The van der Waals surface area contributed by atoms with E-state index in [0.717, 1.165) is 11.0 Å². The summed E-state index contributed by atoms with van der Waals surface area (Å²) in [5.74, 6) is 0.291. The van der Waals surface area contributed by atoms with Crippen molar-refractivity contribution in [1.82, 2.24) is 9.97 Å². The van der Waals surface area contributed by atoms with Crippen LogP contribution < -0.4 is 5.73 Å². The third kappa shape index (κ3) is 2.55. The van der Waals surface area contributed by atoms with Crippen LogP contribution in [-0.4, -0.2) is 15.9 Å².